The van der Waals surface area contributed by atoms with Gasteiger partial charge < -0.3 is 10.3 Å². The molecule has 0 saturated heterocycles. The van der Waals surface area contributed by atoms with Gasteiger partial charge in [-0.05, 0) is 30.3 Å². The molecule has 0 atom stereocenters. The highest BCUT2D eigenvalue weighted by Crippen LogP contribution is 2.37. The summed E-state index contributed by atoms with van der Waals surface area (Å²) >= 11 is 0. The maximum Gasteiger partial charge on any atom is 0.417 e. The normalized spacial score (nSPS) is 12.0. The zero-order valence-corrected chi connectivity index (χ0v) is 15.9. The molecule has 9 nitrogen and oxygen atoms in total. The third-order valence-corrected chi connectivity index (χ3v) is 5.55. The second-order valence-corrected chi connectivity index (χ2v) is 7.76. The Kier molecular flexibility index (Phi) is 5.16. The van der Waals surface area contributed by atoms with E-state index in [0.717, 1.165) is 0 Å². The molecule has 1 aromatic heterocycles. The Labute approximate surface area is 167 Å². The Bertz CT molecular complexity index is 1270. The highest BCUT2D eigenvalue weighted by molar-refractivity contribution is 7.92. The van der Waals surface area contributed by atoms with E-state index in [-0.39, 0.29) is 17.4 Å². The molecule has 30 heavy (non-hydrogen) atoms. The van der Waals surface area contributed by atoms with Crippen molar-refractivity contribution in [2.75, 3.05) is 11.8 Å². The summed E-state index contributed by atoms with van der Waals surface area (Å²) in [5.41, 5.74) is -1.90. The second kappa shape index (κ2) is 7.33. The Balaban J connectivity index is 2.02. The van der Waals surface area contributed by atoms with Crippen molar-refractivity contribution in [1.82, 2.24) is 10.3 Å². The molecule has 0 aliphatic rings. The first-order valence-corrected chi connectivity index (χ1v) is 9.64. The van der Waals surface area contributed by atoms with Crippen LogP contribution < -0.4 is 10.0 Å². The molecular weight excluding hydrogens is 429 g/mol. The Morgan fingerprint density at radius 1 is 1.13 bits per heavy atom. The topological polar surface area (TPSA) is 134 Å². The highest BCUT2D eigenvalue weighted by Gasteiger charge is 2.38. The fourth-order valence-electron chi connectivity index (χ4n) is 2.75. The number of hydrogen-bond acceptors (Lipinski definition) is 5. The summed E-state index contributed by atoms with van der Waals surface area (Å²) in [6.07, 6.45) is -5.14. The van der Waals surface area contributed by atoms with E-state index < -0.39 is 43.2 Å². The lowest BCUT2D eigenvalue weighted by Gasteiger charge is -2.14. The summed E-state index contributed by atoms with van der Waals surface area (Å²) in [5.74, 6) is -0.408. The fraction of sp³-hybridized carbons (Fsp3) is 0.118. The Morgan fingerprint density at radius 2 is 1.83 bits per heavy atom. The Hall–Kier alpha value is -3.61. The van der Waals surface area contributed by atoms with Crippen molar-refractivity contribution >= 4 is 38.2 Å². The van der Waals surface area contributed by atoms with Gasteiger partial charge in [-0.2, -0.15) is 13.2 Å². The smallest absolute Gasteiger partial charge is 0.354 e. The van der Waals surface area contributed by atoms with Crippen molar-refractivity contribution in [2.45, 2.75) is 11.1 Å². The van der Waals surface area contributed by atoms with E-state index in [9.17, 15) is 36.5 Å². The van der Waals surface area contributed by atoms with Gasteiger partial charge in [0.05, 0.1) is 10.5 Å². The number of anilines is 1. The van der Waals surface area contributed by atoms with Gasteiger partial charge in [0.15, 0.2) is 0 Å². The number of sulfonamides is 1. The lowest BCUT2D eigenvalue weighted by molar-refractivity contribution is -0.385. The van der Waals surface area contributed by atoms with Gasteiger partial charge in [-0.3, -0.25) is 19.6 Å². The third-order valence-electron chi connectivity index (χ3n) is 4.11. The summed E-state index contributed by atoms with van der Waals surface area (Å²) in [6, 6.07) is 6.88. The number of rotatable bonds is 5. The number of carbonyl (C=O) groups is 1. The van der Waals surface area contributed by atoms with Crippen LogP contribution in [0.2, 0.25) is 0 Å². The van der Waals surface area contributed by atoms with Gasteiger partial charge >= 0.3 is 6.18 Å². The van der Waals surface area contributed by atoms with Crippen LogP contribution in [0.15, 0.2) is 47.4 Å². The lowest BCUT2D eigenvalue weighted by atomic mass is 10.2. The largest absolute Gasteiger partial charge is 0.417 e. The number of fused-ring (bicyclic) bond motifs is 1. The molecule has 3 rings (SSSR count). The number of alkyl halides is 3. The van der Waals surface area contributed by atoms with E-state index in [1.54, 1.807) is 0 Å². The third kappa shape index (κ3) is 4.05. The number of hydrogen-bond donors (Lipinski definition) is 3. The molecule has 3 aromatic rings. The average molecular weight is 442 g/mol. The van der Waals surface area contributed by atoms with Crippen molar-refractivity contribution in [2.24, 2.45) is 0 Å². The van der Waals surface area contributed by atoms with Gasteiger partial charge in [0.2, 0.25) is 0 Å². The van der Waals surface area contributed by atoms with Crippen LogP contribution in [0.3, 0.4) is 0 Å². The van der Waals surface area contributed by atoms with Crippen LogP contribution in [0.25, 0.3) is 10.9 Å². The number of nitrogens with one attached hydrogen (secondary N) is 3. The van der Waals surface area contributed by atoms with Crippen LogP contribution in [0.4, 0.5) is 24.5 Å². The number of H-pyrrole nitrogens is 1. The summed E-state index contributed by atoms with van der Waals surface area (Å²) in [5, 5.41) is 13.6. The van der Waals surface area contributed by atoms with Crippen LogP contribution in [-0.4, -0.2) is 31.3 Å². The van der Waals surface area contributed by atoms with E-state index in [4.69, 9.17) is 0 Å². The predicted octanol–water partition coefficient (Wildman–Crippen LogP) is 3.26. The zero-order valence-electron chi connectivity index (χ0n) is 15.1. The van der Waals surface area contributed by atoms with Gasteiger partial charge in [0, 0.05) is 35.8 Å². The summed E-state index contributed by atoms with van der Waals surface area (Å²) in [6.45, 7) is 0. The number of amides is 1. The van der Waals surface area contributed by atoms with E-state index in [2.05, 4.69) is 10.3 Å². The van der Waals surface area contributed by atoms with Crippen LogP contribution in [-0.2, 0) is 16.2 Å². The summed E-state index contributed by atoms with van der Waals surface area (Å²) in [7, 11) is -3.31. The van der Waals surface area contributed by atoms with E-state index in [0.29, 0.717) is 23.0 Å². The number of halogens is 3. The highest BCUT2D eigenvalue weighted by atomic mass is 32.2. The van der Waals surface area contributed by atoms with Gasteiger partial charge in [0.1, 0.15) is 10.6 Å². The molecule has 1 heterocycles. The minimum atomic E-state index is -5.14. The number of aromatic amines is 1. The van der Waals surface area contributed by atoms with Gasteiger partial charge in [-0.1, -0.05) is 0 Å². The number of benzene rings is 2. The molecule has 0 unspecified atom stereocenters. The predicted molar refractivity (Wildman–Crippen MR) is 101 cm³/mol. The summed E-state index contributed by atoms with van der Waals surface area (Å²) in [4.78, 5) is 23.1. The number of nitro groups is 1. The van der Waals surface area contributed by atoms with Crippen LogP contribution in [0.1, 0.15) is 16.1 Å². The average Bonchev–Trinajstić information content (AvgIpc) is 3.09. The molecule has 0 aliphatic heterocycles. The molecule has 0 bridgehead atoms. The van der Waals surface area contributed by atoms with Crippen LogP contribution in [0.5, 0.6) is 0 Å². The SMILES string of the molecule is CNC(=O)c1cc2cc(NS(=O)(=O)c3ccc([N+](=O)[O-])cc3C(F)(F)F)ccc2[nH]1. The number of non-ortho nitro benzene ring substituents is 1. The number of aromatic nitrogens is 1. The molecule has 158 valence electrons. The van der Waals surface area contributed by atoms with Gasteiger partial charge in [-0.15, -0.1) is 0 Å². The molecule has 1 amide bonds. The van der Waals surface area contributed by atoms with Gasteiger partial charge in [-0.25, -0.2) is 8.42 Å². The van der Waals surface area contributed by atoms with E-state index in [1.165, 1.54) is 31.3 Å². The van der Waals surface area contributed by atoms with Crippen LogP contribution in [0, 0.1) is 10.1 Å². The van der Waals surface area contributed by atoms with E-state index >= 15 is 0 Å². The van der Waals surface area contributed by atoms with Crippen molar-refractivity contribution in [3.05, 3.63) is 63.8 Å². The molecule has 0 saturated carbocycles. The second-order valence-electron chi connectivity index (χ2n) is 6.10. The molecule has 0 fully saturated rings. The number of nitrogens with zero attached hydrogens (tertiary/aromatic N) is 1. The maximum absolute atomic E-state index is 13.3. The van der Waals surface area contributed by atoms with Crippen LogP contribution >= 0.6 is 0 Å². The molecule has 0 aliphatic carbocycles. The Morgan fingerprint density at radius 3 is 2.43 bits per heavy atom. The molecule has 3 N–H and O–H groups in total. The quantitative estimate of drug-likeness (QED) is 0.412. The zero-order chi connectivity index (χ0) is 22.3. The maximum atomic E-state index is 13.3. The molecule has 0 spiro atoms. The molecule has 13 heteroatoms. The first-order chi connectivity index (χ1) is 13.9. The van der Waals surface area contributed by atoms with Crippen molar-refractivity contribution in [3.63, 3.8) is 0 Å². The van der Waals surface area contributed by atoms with Crippen molar-refractivity contribution in [3.8, 4) is 0 Å². The minimum absolute atomic E-state index is 0.0589. The number of nitro benzene ring substituents is 1. The lowest BCUT2D eigenvalue weighted by Crippen LogP contribution is -2.19. The van der Waals surface area contributed by atoms with Crippen molar-refractivity contribution < 1.29 is 31.3 Å². The molecule has 2 aromatic carbocycles. The molecule has 0 radical (unpaired) electrons. The van der Waals surface area contributed by atoms with E-state index in [1.807, 2.05) is 4.72 Å². The summed E-state index contributed by atoms with van der Waals surface area (Å²) < 4.78 is 67.2. The van der Waals surface area contributed by atoms with Crippen molar-refractivity contribution in [1.29, 1.82) is 0 Å². The monoisotopic (exact) mass is 442 g/mol. The first-order valence-electron chi connectivity index (χ1n) is 8.15. The first kappa shape index (κ1) is 21.1. The number of carbonyl (C=O) groups excluding carboxylic acids is 1. The minimum Gasteiger partial charge on any atom is -0.354 e. The fourth-order valence-corrected chi connectivity index (χ4v) is 4.01. The van der Waals surface area contributed by atoms with Gasteiger partial charge in [0.25, 0.3) is 21.6 Å². The standard InChI is InChI=1S/C17H13F3N4O5S/c1-21-16(25)14-7-9-6-10(2-4-13(9)22-14)23-30(28,29)15-5-3-11(24(26)27)8-12(15)17(18,19)20/h2-8,22-23H,1H3,(H,21,25). The molecular formula is C17H13F3N4O5S.